The standard InChI is InChI=1S/C21H22FN3O2S/c22-16-7-5-15(6-8-16)19(14-3-1-2-4-14)24-18(26)9-11-25-13-23-20-17(21(25)27)10-12-28-20/h5-8,10,12-14,19H,1-4,9,11H2,(H,24,26). The largest absolute Gasteiger partial charge is 0.349 e. The summed E-state index contributed by atoms with van der Waals surface area (Å²) in [4.78, 5) is 30.1. The van der Waals surface area contributed by atoms with E-state index in [4.69, 9.17) is 0 Å². The van der Waals surface area contributed by atoms with Crippen molar-refractivity contribution in [2.24, 2.45) is 5.92 Å². The predicted molar refractivity (Wildman–Crippen MR) is 108 cm³/mol. The van der Waals surface area contributed by atoms with Gasteiger partial charge in [0.2, 0.25) is 5.91 Å². The van der Waals surface area contributed by atoms with E-state index in [-0.39, 0.29) is 36.3 Å². The number of fused-ring (bicyclic) bond motifs is 1. The van der Waals surface area contributed by atoms with Crippen LogP contribution in [0.15, 0.2) is 46.8 Å². The lowest BCUT2D eigenvalue weighted by molar-refractivity contribution is -0.122. The second-order valence-corrected chi connectivity index (χ2v) is 8.17. The van der Waals surface area contributed by atoms with Gasteiger partial charge in [0.15, 0.2) is 0 Å². The lowest BCUT2D eigenvalue weighted by Crippen LogP contribution is -2.34. The summed E-state index contributed by atoms with van der Waals surface area (Å²) in [5, 5.41) is 5.55. The van der Waals surface area contributed by atoms with E-state index in [9.17, 15) is 14.0 Å². The quantitative estimate of drug-likeness (QED) is 0.681. The van der Waals surface area contributed by atoms with Gasteiger partial charge in [0.05, 0.1) is 17.8 Å². The number of carbonyl (C=O) groups is 1. The van der Waals surface area contributed by atoms with Crippen molar-refractivity contribution in [2.45, 2.75) is 44.7 Å². The van der Waals surface area contributed by atoms with Gasteiger partial charge in [-0.25, -0.2) is 9.37 Å². The van der Waals surface area contributed by atoms with Crippen molar-refractivity contribution < 1.29 is 9.18 Å². The first-order chi connectivity index (χ1) is 13.6. The molecule has 0 spiro atoms. The molecule has 3 aromatic rings. The van der Waals surface area contributed by atoms with Crippen LogP contribution >= 0.6 is 11.3 Å². The molecule has 28 heavy (non-hydrogen) atoms. The molecule has 1 saturated carbocycles. The van der Waals surface area contributed by atoms with Gasteiger partial charge in [-0.05, 0) is 47.9 Å². The van der Waals surface area contributed by atoms with Crippen molar-refractivity contribution in [3.8, 4) is 0 Å². The Morgan fingerprint density at radius 1 is 1.25 bits per heavy atom. The minimum absolute atomic E-state index is 0.112. The molecule has 5 nitrogen and oxygen atoms in total. The van der Waals surface area contributed by atoms with Gasteiger partial charge in [-0.15, -0.1) is 11.3 Å². The van der Waals surface area contributed by atoms with Crippen molar-refractivity contribution in [3.05, 3.63) is 63.8 Å². The number of hydrogen-bond acceptors (Lipinski definition) is 4. The summed E-state index contributed by atoms with van der Waals surface area (Å²) in [5.74, 6) is -0.0320. The van der Waals surface area contributed by atoms with Gasteiger partial charge >= 0.3 is 0 Å². The maximum Gasteiger partial charge on any atom is 0.262 e. The minimum Gasteiger partial charge on any atom is -0.349 e. The van der Waals surface area contributed by atoms with Crippen molar-refractivity contribution in [2.75, 3.05) is 0 Å². The summed E-state index contributed by atoms with van der Waals surface area (Å²) in [7, 11) is 0. The third-order valence-corrected chi connectivity index (χ3v) is 6.27. The zero-order valence-electron chi connectivity index (χ0n) is 15.4. The normalized spacial score (nSPS) is 15.8. The molecular formula is C21H22FN3O2S. The summed E-state index contributed by atoms with van der Waals surface area (Å²) in [6, 6.07) is 8.01. The van der Waals surface area contributed by atoms with E-state index in [0.29, 0.717) is 16.1 Å². The highest BCUT2D eigenvalue weighted by molar-refractivity contribution is 7.16. The Kier molecular flexibility index (Phi) is 5.52. The molecule has 1 N–H and O–H groups in total. The average molecular weight is 399 g/mol. The third-order valence-electron chi connectivity index (χ3n) is 5.45. The van der Waals surface area contributed by atoms with Crippen molar-refractivity contribution >= 4 is 27.5 Å². The Hall–Kier alpha value is -2.54. The predicted octanol–water partition coefficient (Wildman–Crippen LogP) is 4.03. The molecule has 2 aromatic heterocycles. The first-order valence-corrected chi connectivity index (χ1v) is 10.5. The number of thiophene rings is 1. The second kappa shape index (κ2) is 8.22. The summed E-state index contributed by atoms with van der Waals surface area (Å²) in [5.41, 5.74) is 0.810. The van der Waals surface area contributed by atoms with Gasteiger partial charge in [-0.2, -0.15) is 0 Å². The molecule has 1 amide bonds. The van der Waals surface area contributed by atoms with Gasteiger partial charge < -0.3 is 5.32 Å². The number of halogens is 1. The van der Waals surface area contributed by atoms with E-state index in [1.165, 1.54) is 34.4 Å². The molecule has 4 rings (SSSR count). The lowest BCUT2D eigenvalue weighted by atomic mass is 9.91. The second-order valence-electron chi connectivity index (χ2n) is 7.27. The number of carbonyl (C=O) groups excluding carboxylic acids is 1. The lowest BCUT2D eigenvalue weighted by Gasteiger charge is -2.25. The molecule has 1 fully saturated rings. The highest BCUT2D eigenvalue weighted by atomic mass is 32.1. The number of rotatable bonds is 6. The fraction of sp³-hybridized carbons (Fsp3) is 0.381. The fourth-order valence-electron chi connectivity index (χ4n) is 3.95. The number of nitrogens with one attached hydrogen (secondary N) is 1. The molecule has 1 atom stereocenters. The van der Waals surface area contributed by atoms with Crippen LogP contribution in [-0.2, 0) is 11.3 Å². The van der Waals surface area contributed by atoms with Gasteiger partial charge in [0.25, 0.3) is 5.56 Å². The average Bonchev–Trinajstić information content (AvgIpc) is 3.38. The SMILES string of the molecule is O=C(CCn1cnc2sccc2c1=O)NC(c1ccc(F)cc1)C1CCCC1. The Morgan fingerprint density at radius 2 is 2.00 bits per heavy atom. The van der Waals surface area contributed by atoms with E-state index in [1.807, 2.05) is 5.38 Å². The van der Waals surface area contributed by atoms with Crippen LogP contribution in [0, 0.1) is 11.7 Å². The van der Waals surface area contributed by atoms with E-state index in [0.717, 1.165) is 31.2 Å². The van der Waals surface area contributed by atoms with Crippen LogP contribution in [0.4, 0.5) is 4.39 Å². The number of hydrogen-bond donors (Lipinski definition) is 1. The Morgan fingerprint density at radius 3 is 2.75 bits per heavy atom. The van der Waals surface area contributed by atoms with Gasteiger partial charge in [-0.3, -0.25) is 14.2 Å². The zero-order valence-corrected chi connectivity index (χ0v) is 16.3. The zero-order chi connectivity index (χ0) is 19.5. The molecule has 1 unspecified atom stereocenters. The summed E-state index contributed by atoms with van der Waals surface area (Å²) in [6.45, 7) is 0.282. The maximum atomic E-state index is 13.3. The minimum atomic E-state index is -0.282. The molecule has 1 aliphatic carbocycles. The highest BCUT2D eigenvalue weighted by Gasteiger charge is 2.27. The van der Waals surface area contributed by atoms with Crippen LogP contribution in [-0.4, -0.2) is 15.5 Å². The molecule has 7 heteroatoms. The van der Waals surface area contributed by atoms with E-state index in [2.05, 4.69) is 10.3 Å². The number of aryl methyl sites for hydroxylation is 1. The Bertz CT molecular complexity index is 1020. The number of benzene rings is 1. The first-order valence-electron chi connectivity index (χ1n) is 9.59. The monoisotopic (exact) mass is 399 g/mol. The van der Waals surface area contributed by atoms with Crippen molar-refractivity contribution in [3.63, 3.8) is 0 Å². The third kappa shape index (κ3) is 3.99. The van der Waals surface area contributed by atoms with Crippen LogP contribution in [0.2, 0.25) is 0 Å². The van der Waals surface area contributed by atoms with Gasteiger partial charge in [0.1, 0.15) is 10.6 Å². The van der Waals surface area contributed by atoms with Crippen molar-refractivity contribution in [1.29, 1.82) is 0 Å². The summed E-state index contributed by atoms with van der Waals surface area (Å²) in [6.07, 6.45) is 6.12. The smallest absolute Gasteiger partial charge is 0.262 e. The van der Waals surface area contributed by atoms with E-state index in [1.54, 1.807) is 18.2 Å². The van der Waals surface area contributed by atoms with Crippen LogP contribution in [0.25, 0.3) is 10.2 Å². The molecule has 0 bridgehead atoms. The number of amides is 1. The maximum absolute atomic E-state index is 13.3. The Balaban J connectivity index is 1.45. The molecule has 0 radical (unpaired) electrons. The van der Waals surface area contributed by atoms with Gasteiger partial charge in [-0.1, -0.05) is 25.0 Å². The molecule has 2 heterocycles. The van der Waals surface area contributed by atoms with Gasteiger partial charge in [0, 0.05) is 13.0 Å². The number of aromatic nitrogens is 2. The molecule has 1 aliphatic rings. The molecule has 146 valence electrons. The van der Waals surface area contributed by atoms with Crippen LogP contribution < -0.4 is 10.9 Å². The topological polar surface area (TPSA) is 64.0 Å². The molecular weight excluding hydrogens is 377 g/mol. The highest BCUT2D eigenvalue weighted by Crippen LogP contribution is 2.35. The van der Waals surface area contributed by atoms with Crippen molar-refractivity contribution in [1.82, 2.24) is 14.9 Å². The molecule has 1 aromatic carbocycles. The first kappa shape index (κ1) is 18.8. The van der Waals surface area contributed by atoms with Crippen LogP contribution in [0.1, 0.15) is 43.7 Å². The number of nitrogens with zero attached hydrogens (tertiary/aromatic N) is 2. The molecule has 0 saturated heterocycles. The van der Waals surface area contributed by atoms with E-state index >= 15 is 0 Å². The fourth-order valence-corrected chi connectivity index (χ4v) is 4.68. The van der Waals surface area contributed by atoms with E-state index < -0.39 is 0 Å². The summed E-state index contributed by atoms with van der Waals surface area (Å²) >= 11 is 1.43. The van der Waals surface area contributed by atoms with Crippen LogP contribution in [0.5, 0.6) is 0 Å². The Labute approximate surface area is 166 Å². The van der Waals surface area contributed by atoms with Crippen LogP contribution in [0.3, 0.4) is 0 Å². The summed E-state index contributed by atoms with van der Waals surface area (Å²) < 4.78 is 14.8. The molecule has 0 aliphatic heterocycles.